The Bertz CT molecular complexity index is 782. The van der Waals surface area contributed by atoms with E-state index in [4.69, 9.17) is 5.73 Å². The normalized spacial score (nSPS) is 11.4. The van der Waals surface area contributed by atoms with Crippen molar-refractivity contribution in [2.75, 3.05) is 4.72 Å². The average molecular weight is 377 g/mol. The zero-order chi connectivity index (χ0) is 15.6. The largest absolute Gasteiger partial charge is 0.326 e. The van der Waals surface area contributed by atoms with Crippen molar-refractivity contribution in [3.8, 4) is 0 Å². The van der Waals surface area contributed by atoms with Crippen molar-refractivity contribution in [3.63, 3.8) is 0 Å². The molecular weight excluding hydrogens is 366 g/mol. The van der Waals surface area contributed by atoms with Gasteiger partial charge in [0, 0.05) is 6.54 Å². The minimum absolute atomic E-state index is 0.00625. The number of hydrogen-bond acceptors (Lipinski definition) is 3. The molecule has 8 heteroatoms. The second-order valence-electron chi connectivity index (χ2n) is 4.20. The summed E-state index contributed by atoms with van der Waals surface area (Å²) in [4.78, 5) is -0.534. The van der Waals surface area contributed by atoms with Crippen LogP contribution in [0, 0.1) is 11.6 Å². The molecule has 2 aromatic rings. The van der Waals surface area contributed by atoms with E-state index in [9.17, 15) is 17.2 Å². The van der Waals surface area contributed by atoms with Crippen molar-refractivity contribution in [1.82, 2.24) is 0 Å². The zero-order valence-electron chi connectivity index (χ0n) is 10.6. The van der Waals surface area contributed by atoms with Gasteiger partial charge in [-0.05, 0) is 51.8 Å². The Morgan fingerprint density at radius 1 is 1.10 bits per heavy atom. The monoisotopic (exact) mass is 376 g/mol. The van der Waals surface area contributed by atoms with Crippen molar-refractivity contribution in [2.24, 2.45) is 5.73 Å². The molecule has 0 saturated heterocycles. The average Bonchev–Trinajstić information content (AvgIpc) is 2.43. The van der Waals surface area contributed by atoms with Gasteiger partial charge in [0.05, 0.1) is 10.2 Å². The van der Waals surface area contributed by atoms with E-state index in [0.717, 1.165) is 18.2 Å². The number of sulfonamides is 1. The van der Waals surface area contributed by atoms with Gasteiger partial charge < -0.3 is 5.73 Å². The van der Waals surface area contributed by atoms with Gasteiger partial charge in [0.25, 0.3) is 10.0 Å². The first-order valence-corrected chi connectivity index (χ1v) is 8.07. The summed E-state index contributed by atoms with van der Waals surface area (Å²) in [5.74, 6) is -1.54. The molecule has 3 N–H and O–H groups in total. The lowest BCUT2D eigenvalue weighted by Crippen LogP contribution is -2.15. The number of rotatable bonds is 4. The number of anilines is 1. The third-order valence-corrected chi connectivity index (χ3v) is 4.73. The maximum absolute atomic E-state index is 13.7. The van der Waals surface area contributed by atoms with E-state index in [1.165, 1.54) is 18.2 Å². The van der Waals surface area contributed by atoms with Crippen molar-refractivity contribution < 1.29 is 17.2 Å². The van der Waals surface area contributed by atoms with Gasteiger partial charge in [0.15, 0.2) is 0 Å². The number of nitrogens with one attached hydrogen (secondary N) is 1. The fourth-order valence-electron chi connectivity index (χ4n) is 1.65. The Morgan fingerprint density at radius 2 is 1.81 bits per heavy atom. The number of benzene rings is 2. The van der Waals surface area contributed by atoms with Crippen LogP contribution in [-0.4, -0.2) is 8.42 Å². The molecule has 0 spiro atoms. The highest BCUT2D eigenvalue weighted by Crippen LogP contribution is 2.23. The quantitative estimate of drug-likeness (QED) is 0.861. The summed E-state index contributed by atoms with van der Waals surface area (Å²) < 4.78 is 53.7. The SMILES string of the molecule is NCc1ccc(F)c(S(=O)(=O)Nc2ccc(Br)c(F)c2)c1. The van der Waals surface area contributed by atoms with Crippen molar-refractivity contribution in [1.29, 1.82) is 0 Å². The first-order valence-electron chi connectivity index (χ1n) is 5.80. The molecule has 0 aliphatic heterocycles. The van der Waals surface area contributed by atoms with Gasteiger partial charge >= 0.3 is 0 Å². The predicted octanol–water partition coefficient (Wildman–Crippen LogP) is 2.99. The molecule has 0 aromatic heterocycles. The highest BCUT2D eigenvalue weighted by molar-refractivity contribution is 9.10. The van der Waals surface area contributed by atoms with Crippen LogP contribution in [0.4, 0.5) is 14.5 Å². The molecule has 0 aliphatic rings. The van der Waals surface area contributed by atoms with Gasteiger partial charge in [0.1, 0.15) is 16.5 Å². The van der Waals surface area contributed by atoms with E-state index < -0.39 is 26.6 Å². The zero-order valence-corrected chi connectivity index (χ0v) is 13.0. The lowest BCUT2D eigenvalue weighted by atomic mass is 10.2. The lowest BCUT2D eigenvalue weighted by Gasteiger charge is -2.10. The van der Waals surface area contributed by atoms with E-state index in [0.29, 0.717) is 5.56 Å². The van der Waals surface area contributed by atoms with E-state index in [2.05, 4.69) is 20.7 Å². The Labute approximate surface area is 129 Å². The number of halogens is 3. The van der Waals surface area contributed by atoms with Crippen molar-refractivity contribution in [2.45, 2.75) is 11.4 Å². The summed E-state index contributed by atoms with van der Waals surface area (Å²) in [6.07, 6.45) is 0. The highest BCUT2D eigenvalue weighted by atomic mass is 79.9. The molecule has 0 unspecified atom stereocenters. The molecule has 0 amide bonds. The van der Waals surface area contributed by atoms with Gasteiger partial charge in [-0.15, -0.1) is 0 Å². The minimum Gasteiger partial charge on any atom is -0.326 e. The summed E-state index contributed by atoms with van der Waals surface area (Å²) in [6.45, 7) is 0.0791. The molecule has 0 aliphatic carbocycles. The molecule has 0 fully saturated rings. The van der Waals surface area contributed by atoms with Crippen LogP contribution in [0.3, 0.4) is 0 Å². The molecule has 0 radical (unpaired) electrons. The molecule has 0 atom stereocenters. The second kappa shape index (κ2) is 6.08. The maximum Gasteiger partial charge on any atom is 0.264 e. The standard InChI is InChI=1S/C13H11BrF2N2O2S/c14-10-3-2-9(6-12(10)16)18-21(19,20)13-5-8(7-17)1-4-11(13)15/h1-6,18H,7,17H2. The van der Waals surface area contributed by atoms with Gasteiger partial charge in [-0.2, -0.15) is 0 Å². The molecule has 2 rings (SSSR count). The fraction of sp³-hybridized carbons (Fsp3) is 0.0769. The van der Waals surface area contributed by atoms with Crippen molar-refractivity contribution >= 4 is 31.6 Å². The third-order valence-electron chi connectivity index (χ3n) is 2.69. The van der Waals surface area contributed by atoms with Crippen LogP contribution >= 0.6 is 15.9 Å². The Hall–Kier alpha value is -1.51. The third kappa shape index (κ3) is 3.58. The summed E-state index contributed by atoms with van der Waals surface area (Å²) >= 11 is 2.96. The smallest absolute Gasteiger partial charge is 0.264 e. The van der Waals surface area contributed by atoms with E-state index in [1.807, 2.05) is 0 Å². The molecule has 2 aromatic carbocycles. The molecule has 0 bridgehead atoms. The summed E-state index contributed by atoms with van der Waals surface area (Å²) in [5.41, 5.74) is 5.87. The van der Waals surface area contributed by atoms with Crippen LogP contribution in [0.1, 0.15) is 5.56 Å². The van der Waals surface area contributed by atoms with Gasteiger partial charge in [-0.3, -0.25) is 4.72 Å². The van der Waals surface area contributed by atoms with Gasteiger partial charge in [-0.25, -0.2) is 17.2 Å². The lowest BCUT2D eigenvalue weighted by molar-refractivity contribution is 0.569. The summed E-state index contributed by atoms with van der Waals surface area (Å²) in [5, 5.41) is 0. The van der Waals surface area contributed by atoms with Crippen LogP contribution < -0.4 is 10.5 Å². The van der Waals surface area contributed by atoms with Crippen LogP contribution in [0.25, 0.3) is 0 Å². The van der Waals surface area contributed by atoms with Gasteiger partial charge in [-0.1, -0.05) is 6.07 Å². The molecule has 0 saturated carbocycles. The Kier molecular flexibility index (Phi) is 4.60. The van der Waals surface area contributed by atoms with Crippen LogP contribution in [-0.2, 0) is 16.6 Å². The van der Waals surface area contributed by atoms with E-state index in [-0.39, 0.29) is 16.7 Å². The molecule has 0 heterocycles. The molecule has 21 heavy (non-hydrogen) atoms. The first-order chi connectivity index (χ1) is 9.83. The topological polar surface area (TPSA) is 72.2 Å². The summed E-state index contributed by atoms with van der Waals surface area (Å²) in [6, 6.07) is 7.26. The first kappa shape index (κ1) is 15.9. The number of nitrogens with two attached hydrogens (primary N) is 1. The molecule has 112 valence electrons. The number of hydrogen-bond donors (Lipinski definition) is 2. The summed E-state index contributed by atoms with van der Waals surface area (Å²) in [7, 11) is -4.17. The predicted molar refractivity (Wildman–Crippen MR) is 79.2 cm³/mol. The van der Waals surface area contributed by atoms with Gasteiger partial charge in [0.2, 0.25) is 0 Å². The van der Waals surface area contributed by atoms with Crippen LogP contribution in [0.5, 0.6) is 0 Å². The molecule has 4 nitrogen and oxygen atoms in total. The fourth-order valence-corrected chi connectivity index (χ4v) is 3.08. The maximum atomic E-state index is 13.7. The van der Waals surface area contributed by atoms with Crippen LogP contribution in [0.15, 0.2) is 45.8 Å². The minimum atomic E-state index is -4.17. The molecular formula is C13H11BrF2N2O2S. The van der Waals surface area contributed by atoms with Crippen molar-refractivity contribution in [3.05, 3.63) is 58.1 Å². The van der Waals surface area contributed by atoms with Crippen LogP contribution in [0.2, 0.25) is 0 Å². The highest BCUT2D eigenvalue weighted by Gasteiger charge is 2.20. The Balaban J connectivity index is 2.40. The second-order valence-corrected chi connectivity index (χ2v) is 6.71. The Morgan fingerprint density at radius 3 is 2.43 bits per heavy atom. The van der Waals surface area contributed by atoms with E-state index >= 15 is 0 Å². The van der Waals surface area contributed by atoms with E-state index in [1.54, 1.807) is 0 Å².